The molecule has 1 fully saturated rings. The summed E-state index contributed by atoms with van der Waals surface area (Å²) in [6.07, 6.45) is 6.99. The van der Waals surface area contributed by atoms with Gasteiger partial charge in [-0.15, -0.1) is 0 Å². The van der Waals surface area contributed by atoms with Crippen LogP contribution in [0.3, 0.4) is 0 Å². The summed E-state index contributed by atoms with van der Waals surface area (Å²) in [5.74, 6) is -0.431. The highest BCUT2D eigenvalue weighted by Gasteiger charge is 2.31. The van der Waals surface area contributed by atoms with E-state index in [1.165, 1.54) is 25.5 Å². The zero-order valence-corrected chi connectivity index (χ0v) is 20.9. The van der Waals surface area contributed by atoms with Crippen LogP contribution in [0.4, 0.5) is 0 Å². The molecule has 1 aliphatic carbocycles. The average molecular weight is 489 g/mol. The summed E-state index contributed by atoms with van der Waals surface area (Å²) in [4.78, 5) is 30.2. The van der Waals surface area contributed by atoms with E-state index in [0.29, 0.717) is 17.9 Å². The van der Waals surface area contributed by atoms with Crippen molar-refractivity contribution in [1.82, 2.24) is 10.3 Å². The van der Waals surface area contributed by atoms with Gasteiger partial charge < -0.3 is 15.2 Å². The van der Waals surface area contributed by atoms with Crippen molar-refractivity contribution in [2.45, 2.75) is 63.6 Å². The molecule has 1 saturated carbocycles. The van der Waals surface area contributed by atoms with Crippen LogP contribution in [0.2, 0.25) is 0 Å². The molecule has 36 heavy (non-hydrogen) atoms. The lowest BCUT2D eigenvalue weighted by Gasteiger charge is -2.29. The number of amides is 1. The maximum absolute atomic E-state index is 13.1. The predicted octanol–water partition coefficient (Wildman–Crippen LogP) is 5.09. The van der Waals surface area contributed by atoms with Crippen LogP contribution in [-0.4, -0.2) is 41.2 Å². The smallest absolute Gasteiger partial charge is 0.340 e. The Labute approximate surface area is 213 Å². The fraction of sp³-hybridized carbons (Fsp3) is 0.433. The number of rotatable bonds is 10. The Morgan fingerprint density at radius 1 is 1.06 bits per heavy atom. The van der Waals surface area contributed by atoms with Crippen molar-refractivity contribution in [2.75, 3.05) is 7.05 Å². The summed E-state index contributed by atoms with van der Waals surface area (Å²) in [6.45, 7) is 0. The molecular weight excluding hydrogens is 452 g/mol. The molecule has 190 valence electrons. The van der Waals surface area contributed by atoms with Gasteiger partial charge in [-0.05, 0) is 36.5 Å². The maximum atomic E-state index is 13.1. The first-order valence-corrected chi connectivity index (χ1v) is 13.0. The molecule has 1 amide bonds. The van der Waals surface area contributed by atoms with Gasteiger partial charge in [-0.3, -0.25) is 9.78 Å². The van der Waals surface area contributed by atoms with Gasteiger partial charge >= 0.3 is 5.97 Å². The highest BCUT2D eigenvalue weighted by Crippen LogP contribution is 2.31. The Morgan fingerprint density at radius 2 is 1.78 bits per heavy atom. The number of aliphatic hydroxyl groups excluding tert-OH is 1. The third kappa shape index (κ3) is 6.91. The fourth-order valence-electron chi connectivity index (χ4n) is 5.27. The van der Waals surface area contributed by atoms with E-state index in [0.717, 1.165) is 35.7 Å². The number of carbonyl (C=O) groups is 2. The van der Waals surface area contributed by atoms with Crippen molar-refractivity contribution in [1.29, 1.82) is 0 Å². The number of hydrogen-bond donors (Lipinski definition) is 2. The number of para-hydroxylation sites is 1. The number of nitrogens with one attached hydrogen (secondary N) is 1. The van der Waals surface area contributed by atoms with E-state index >= 15 is 0 Å². The number of hydrogen-bond acceptors (Lipinski definition) is 5. The van der Waals surface area contributed by atoms with Crippen LogP contribution < -0.4 is 5.32 Å². The van der Waals surface area contributed by atoms with Crippen molar-refractivity contribution in [3.05, 3.63) is 78.0 Å². The summed E-state index contributed by atoms with van der Waals surface area (Å²) >= 11 is 0. The van der Waals surface area contributed by atoms with E-state index in [1.54, 1.807) is 13.1 Å². The lowest BCUT2D eigenvalue weighted by Crippen LogP contribution is -2.39. The minimum Gasteiger partial charge on any atom is -0.456 e. The highest BCUT2D eigenvalue weighted by molar-refractivity contribution is 5.93. The normalized spacial score (nSPS) is 16.7. The number of aromatic nitrogens is 1. The maximum Gasteiger partial charge on any atom is 0.340 e. The van der Waals surface area contributed by atoms with E-state index in [2.05, 4.69) is 10.3 Å². The summed E-state index contributed by atoms with van der Waals surface area (Å²) in [6, 6.07) is 19.0. The van der Waals surface area contributed by atoms with Crippen molar-refractivity contribution >= 4 is 22.8 Å². The molecule has 0 radical (unpaired) electrons. The van der Waals surface area contributed by atoms with Gasteiger partial charge in [0.15, 0.2) is 0 Å². The molecule has 0 aliphatic heterocycles. The Hall–Kier alpha value is -3.25. The Kier molecular flexibility index (Phi) is 9.06. The van der Waals surface area contributed by atoms with Crippen molar-refractivity contribution in [3.63, 3.8) is 0 Å². The largest absolute Gasteiger partial charge is 0.456 e. The van der Waals surface area contributed by atoms with Gasteiger partial charge in [0, 0.05) is 31.0 Å². The van der Waals surface area contributed by atoms with E-state index < -0.39 is 18.2 Å². The van der Waals surface area contributed by atoms with Crippen LogP contribution in [0.25, 0.3) is 10.9 Å². The number of fused-ring (bicyclic) bond motifs is 1. The topological polar surface area (TPSA) is 88.5 Å². The molecule has 0 bridgehead atoms. The van der Waals surface area contributed by atoms with Gasteiger partial charge in [0.25, 0.3) is 0 Å². The van der Waals surface area contributed by atoms with E-state index in [1.807, 2.05) is 54.6 Å². The number of nitrogens with zero attached hydrogens (tertiary/aromatic N) is 1. The molecule has 3 atom stereocenters. The molecule has 0 spiro atoms. The molecule has 1 aromatic heterocycles. The third-order valence-corrected chi connectivity index (χ3v) is 7.28. The minimum atomic E-state index is -0.978. The van der Waals surface area contributed by atoms with Crippen LogP contribution in [-0.2, 0) is 16.0 Å². The minimum absolute atomic E-state index is 0.0665. The molecular formula is C30H36N2O4. The summed E-state index contributed by atoms with van der Waals surface area (Å²) < 4.78 is 5.89. The Bertz CT molecular complexity index is 1140. The monoisotopic (exact) mass is 488 g/mol. The molecule has 4 rings (SSSR count). The molecule has 6 nitrogen and oxygen atoms in total. The number of pyridine rings is 1. The second-order valence-electron chi connectivity index (χ2n) is 9.90. The molecule has 1 aliphatic rings. The SMILES string of the molecule is CNC(=O)[C@H](CC1CCCCC1)C[C@H](O)[C@H](Cc1ccccc1)OC(=O)c1cnc2ccccc2c1. The van der Waals surface area contributed by atoms with Crippen LogP contribution in [0.5, 0.6) is 0 Å². The lowest BCUT2D eigenvalue weighted by atomic mass is 9.80. The van der Waals surface area contributed by atoms with E-state index in [4.69, 9.17) is 4.74 Å². The van der Waals surface area contributed by atoms with Crippen LogP contribution in [0.15, 0.2) is 66.9 Å². The molecule has 0 unspecified atom stereocenters. The summed E-state index contributed by atoms with van der Waals surface area (Å²) in [7, 11) is 1.64. The second kappa shape index (κ2) is 12.6. The number of carbonyl (C=O) groups excluding carboxylic acids is 2. The summed E-state index contributed by atoms with van der Waals surface area (Å²) in [5.41, 5.74) is 2.09. The molecule has 2 N–H and O–H groups in total. The molecule has 3 aromatic rings. The third-order valence-electron chi connectivity index (χ3n) is 7.28. The van der Waals surface area contributed by atoms with Crippen molar-refractivity contribution < 1.29 is 19.4 Å². The van der Waals surface area contributed by atoms with Gasteiger partial charge in [-0.1, -0.05) is 80.6 Å². The Balaban J connectivity index is 1.51. The first-order valence-electron chi connectivity index (χ1n) is 13.0. The molecule has 1 heterocycles. The van der Waals surface area contributed by atoms with Gasteiger partial charge in [0.05, 0.1) is 17.2 Å². The quantitative estimate of drug-likeness (QED) is 0.388. The Morgan fingerprint density at radius 3 is 2.53 bits per heavy atom. The first-order chi connectivity index (χ1) is 17.5. The predicted molar refractivity (Wildman–Crippen MR) is 140 cm³/mol. The lowest BCUT2D eigenvalue weighted by molar-refractivity contribution is -0.127. The van der Waals surface area contributed by atoms with E-state index in [-0.39, 0.29) is 18.2 Å². The van der Waals surface area contributed by atoms with Crippen LogP contribution in [0.1, 0.15) is 60.9 Å². The number of benzene rings is 2. The second-order valence-corrected chi connectivity index (χ2v) is 9.90. The number of esters is 1. The van der Waals surface area contributed by atoms with Gasteiger partial charge in [0.1, 0.15) is 6.10 Å². The van der Waals surface area contributed by atoms with Crippen molar-refractivity contribution in [2.24, 2.45) is 11.8 Å². The standard InChI is InChI=1S/C30H36N2O4/c1-31-29(34)24(16-21-10-4-2-5-11-21)19-27(33)28(17-22-12-6-3-7-13-22)36-30(35)25-18-23-14-8-9-15-26(23)32-20-25/h3,6-9,12-15,18,20-21,24,27-28,33H,2,4-5,10-11,16-17,19H2,1H3,(H,31,34)/t24-,27+,28+/m1/s1. The number of ether oxygens (including phenoxy) is 1. The molecule has 0 saturated heterocycles. The first kappa shape index (κ1) is 25.8. The van der Waals surface area contributed by atoms with Gasteiger partial charge in [-0.25, -0.2) is 4.79 Å². The van der Waals surface area contributed by atoms with Crippen molar-refractivity contribution in [3.8, 4) is 0 Å². The van der Waals surface area contributed by atoms with Gasteiger partial charge in [-0.2, -0.15) is 0 Å². The fourth-order valence-corrected chi connectivity index (χ4v) is 5.27. The van der Waals surface area contributed by atoms with Crippen LogP contribution in [0, 0.1) is 11.8 Å². The summed E-state index contributed by atoms with van der Waals surface area (Å²) in [5, 5.41) is 14.9. The van der Waals surface area contributed by atoms with E-state index in [9.17, 15) is 14.7 Å². The highest BCUT2D eigenvalue weighted by atomic mass is 16.6. The molecule has 6 heteroatoms. The van der Waals surface area contributed by atoms with Crippen LogP contribution >= 0.6 is 0 Å². The molecule has 2 aromatic carbocycles. The number of aliphatic hydroxyl groups is 1. The average Bonchev–Trinajstić information content (AvgIpc) is 2.92. The van der Waals surface area contributed by atoms with Gasteiger partial charge in [0.2, 0.25) is 5.91 Å². The zero-order chi connectivity index (χ0) is 25.3. The zero-order valence-electron chi connectivity index (χ0n) is 20.9.